The summed E-state index contributed by atoms with van der Waals surface area (Å²) in [6.45, 7) is 4.78. The molecule has 0 saturated carbocycles. The third-order valence-corrected chi connectivity index (χ3v) is 2.75. The van der Waals surface area contributed by atoms with E-state index in [2.05, 4.69) is 21.2 Å². The van der Waals surface area contributed by atoms with Gasteiger partial charge in [-0.2, -0.15) is 0 Å². The number of benzene rings is 1. The van der Waals surface area contributed by atoms with Gasteiger partial charge in [-0.3, -0.25) is 4.79 Å². The maximum Gasteiger partial charge on any atom is 0.238 e. The first kappa shape index (κ1) is 14.8. The first-order chi connectivity index (χ1) is 8.62. The van der Waals surface area contributed by atoms with Gasteiger partial charge in [-0.15, -0.1) is 0 Å². The zero-order valence-corrected chi connectivity index (χ0v) is 12.0. The number of nitrogens with one attached hydrogen (secondary N) is 1. The molecule has 0 heterocycles. The molecule has 5 nitrogen and oxygen atoms in total. The predicted molar refractivity (Wildman–Crippen MR) is 74.2 cm³/mol. The molecule has 0 radical (unpaired) electrons. The number of carbonyl (C=O) groups excluding carboxylic acids is 1. The summed E-state index contributed by atoms with van der Waals surface area (Å²) in [7, 11) is 0. The SMILES string of the molecule is CCOc1cc(Br)c(NC(=O)CN)cc1OCC. The van der Waals surface area contributed by atoms with Crippen molar-refractivity contribution < 1.29 is 14.3 Å². The second-order valence-electron chi connectivity index (χ2n) is 3.40. The van der Waals surface area contributed by atoms with Crippen molar-refractivity contribution in [2.75, 3.05) is 25.1 Å². The van der Waals surface area contributed by atoms with Crippen molar-refractivity contribution in [1.82, 2.24) is 0 Å². The lowest BCUT2D eigenvalue weighted by molar-refractivity contribution is -0.114. The van der Waals surface area contributed by atoms with Gasteiger partial charge in [0.1, 0.15) is 0 Å². The van der Waals surface area contributed by atoms with Crippen LogP contribution in [-0.2, 0) is 4.79 Å². The number of rotatable bonds is 6. The molecule has 6 heteroatoms. The van der Waals surface area contributed by atoms with Crippen molar-refractivity contribution in [2.24, 2.45) is 5.73 Å². The van der Waals surface area contributed by atoms with E-state index in [0.717, 1.165) is 4.47 Å². The Kier molecular flexibility index (Phi) is 5.94. The maximum atomic E-state index is 11.3. The smallest absolute Gasteiger partial charge is 0.238 e. The second kappa shape index (κ2) is 7.23. The molecule has 100 valence electrons. The molecule has 1 aromatic carbocycles. The average Bonchev–Trinajstić information content (AvgIpc) is 2.35. The van der Waals surface area contributed by atoms with Crippen molar-refractivity contribution in [3.63, 3.8) is 0 Å². The molecule has 1 aromatic rings. The first-order valence-corrected chi connectivity index (χ1v) is 6.50. The van der Waals surface area contributed by atoms with Gasteiger partial charge < -0.3 is 20.5 Å². The van der Waals surface area contributed by atoms with Gasteiger partial charge in [-0.25, -0.2) is 0 Å². The van der Waals surface area contributed by atoms with E-state index in [1.807, 2.05) is 13.8 Å². The molecular weight excluding hydrogens is 300 g/mol. The number of hydrogen-bond donors (Lipinski definition) is 2. The number of amides is 1. The minimum atomic E-state index is -0.262. The number of ether oxygens (including phenoxy) is 2. The Morgan fingerprint density at radius 1 is 1.28 bits per heavy atom. The monoisotopic (exact) mass is 316 g/mol. The highest BCUT2D eigenvalue weighted by molar-refractivity contribution is 9.10. The van der Waals surface area contributed by atoms with Crippen LogP contribution in [0.2, 0.25) is 0 Å². The molecule has 0 fully saturated rings. The molecule has 0 atom stereocenters. The summed E-state index contributed by atoms with van der Waals surface area (Å²) in [5, 5.41) is 2.68. The van der Waals surface area contributed by atoms with E-state index in [-0.39, 0.29) is 12.5 Å². The van der Waals surface area contributed by atoms with Gasteiger partial charge in [0.2, 0.25) is 5.91 Å². The van der Waals surface area contributed by atoms with E-state index in [1.54, 1.807) is 12.1 Å². The molecule has 0 spiro atoms. The Balaban J connectivity index is 3.05. The number of halogens is 1. The molecule has 0 aliphatic heterocycles. The standard InChI is InChI=1S/C12H17BrN2O3/c1-3-17-10-5-8(13)9(15-12(16)7-14)6-11(10)18-4-2/h5-6H,3-4,7,14H2,1-2H3,(H,15,16). The van der Waals surface area contributed by atoms with Crippen LogP contribution in [0.1, 0.15) is 13.8 Å². The molecule has 0 aliphatic rings. The lowest BCUT2D eigenvalue weighted by Crippen LogP contribution is -2.22. The van der Waals surface area contributed by atoms with E-state index in [9.17, 15) is 4.79 Å². The van der Waals surface area contributed by atoms with Gasteiger partial charge in [0.15, 0.2) is 11.5 Å². The Bertz CT molecular complexity index is 424. The van der Waals surface area contributed by atoms with Crippen LogP contribution in [0.4, 0.5) is 5.69 Å². The molecule has 1 rings (SSSR count). The van der Waals surface area contributed by atoms with Crippen LogP contribution in [0.5, 0.6) is 11.5 Å². The fourth-order valence-corrected chi connectivity index (χ4v) is 1.79. The zero-order chi connectivity index (χ0) is 13.5. The minimum absolute atomic E-state index is 0.0659. The Morgan fingerprint density at radius 3 is 2.33 bits per heavy atom. The van der Waals surface area contributed by atoms with Crippen molar-refractivity contribution in [2.45, 2.75) is 13.8 Å². The van der Waals surface area contributed by atoms with Gasteiger partial charge in [0.25, 0.3) is 0 Å². The van der Waals surface area contributed by atoms with Crippen molar-refractivity contribution in [3.8, 4) is 11.5 Å². The lowest BCUT2D eigenvalue weighted by atomic mass is 10.2. The van der Waals surface area contributed by atoms with Crippen LogP contribution in [0.15, 0.2) is 16.6 Å². The van der Waals surface area contributed by atoms with Gasteiger partial charge in [-0.05, 0) is 29.8 Å². The van der Waals surface area contributed by atoms with Crippen molar-refractivity contribution in [1.29, 1.82) is 0 Å². The van der Waals surface area contributed by atoms with Crippen molar-refractivity contribution >= 4 is 27.5 Å². The van der Waals surface area contributed by atoms with E-state index in [1.165, 1.54) is 0 Å². The highest BCUT2D eigenvalue weighted by Crippen LogP contribution is 2.36. The Labute approximate surface area is 115 Å². The largest absolute Gasteiger partial charge is 0.490 e. The van der Waals surface area contributed by atoms with Crippen LogP contribution in [0.25, 0.3) is 0 Å². The van der Waals surface area contributed by atoms with Crippen LogP contribution in [0.3, 0.4) is 0 Å². The highest BCUT2D eigenvalue weighted by Gasteiger charge is 2.12. The quantitative estimate of drug-likeness (QED) is 0.843. The van der Waals surface area contributed by atoms with Crippen LogP contribution < -0.4 is 20.5 Å². The number of hydrogen-bond acceptors (Lipinski definition) is 4. The van der Waals surface area contributed by atoms with Crippen molar-refractivity contribution in [3.05, 3.63) is 16.6 Å². The van der Waals surface area contributed by atoms with Gasteiger partial charge in [0, 0.05) is 16.6 Å². The molecular formula is C12H17BrN2O3. The summed E-state index contributed by atoms with van der Waals surface area (Å²) in [4.78, 5) is 11.3. The summed E-state index contributed by atoms with van der Waals surface area (Å²) < 4.78 is 11.7. The Hall–Kier alpha value is -1.27. The number of anilines is 1. The van der Waals surface area contributed by atoms with Gasteiger partial charge in [0.05, 0.1) is 25.4 Å². The summed E-state index contributed by atoms with van der Waals surface area (Å²) in [5.41, 5.74) is 5.87. The van der Waals surface area contributed by atoms with E-state index in [0.29, 0.717) is 30.4 Å². The summed E-state index contributed by atoms with van der Waals surface area (Å²) in [5.74, 6) is 0.967. The lowest BCUT2D eigenvalue weighted by Gasteiger charge is -2.14. The molecule has 0 aliphatic carbocycles. The fraction of sp³-hybridized carbons (Fsp3) is 0.417. The summed E-state index contributed by atoms with van der Waals surface area (Å²) >= 11 is 3.37. The summed E-state index contributed by atoms with van der Waals surface area (Å²) in [6, 6.07) is 3.48. The van der Waals surface area contributed by atoms with Crippen LogP contribution in [-0.4, -0.2) is 25.7 Å². The molecule has 3 N–H and O–H groups in total. The third-order valence-electron chi connectivity index (χ3n) is 2.09. The zero-order valence-electron chi connectivity index (χ0n) is 10.5. The van der Waals surface area contributed by atoms with Crippen LogP contribution >= 0.6 is 15.9 Å². The van der Waals surface area contributed by atoms with Crippen LogP contribution in [0, 0.1) is 0 Å². The molecule has 18 heavy (non-hydrogen) atoms. The second-order valence-corrected chi connectivity index (χ2v) is 4.25. The van der Waals surface area contributed by atoms with E-state index >= 15 is 0 Å². The third kappa shape index (κ3) is 3.89. The van der Waals surface area contributed by atoms with E-state index in [4.69, 9.17) is 15.2 Å². The maximum absolute atomic E-state index is 11.3. The molecule has 1 amide bonds. The predicted octanol–water partition coefficient (Wildman–Crippen LogP) is 2.14. The van der Waals surface area contributed by atoms with E-state index < -0.39 is 0 Å². The van der Waals surface area contributed by atoms with Gasteiger partial charge >= 0.3 is 0 Å². The number of carbonyl (C=O) groups is 1. The number of nitrogens with two attached hydrogens (primary N) is 1. The Morgan fingerprint density at radius 2 is 1.83 bits per heavy atom. The highest BCUT2D eigenvalue weighted by atomic mass is 79.9. The minimum Gasteiger partial charge on any atom is -0.490 e. The molecule has 0 bridgehead atoms. The first-order valence-electron chi connectivity index (χ1n) is 5.71. The fourth-order valence-electron chi connectivity index (χ4n) is 1.37. The average molecular weight is 317 g/mol. The molecule has 0 aromatic heterocycles. The topological polar surface area (TPSA) is 73.6 Å². The normalized spacial score (nSPS) is 10.0. The molecule has 0 unspecified atom stereocenters. The summed E-state index contributed by atoms with van der Waals surface area (Å²) in [6.07, 6.45) is 0. The van der Waals surface area contributed by atoms with Gasteiger partial charge in [-0.1, -0.05) is 0 Å². The molecule has 0 saturated heterocycles.